The van der Waals surface area contributed by atoms with Gasteiger partial charge in [-0.15, -0.1) is 0 Å². The number of rotatable bonds is 18. The standard InChI is InChI=1S/C54H90O23/c1-24(20-70-46-44(68)40(64)36(60)29(75-46)21-71-47-42(66)38(62)34(58)27(18-56)73-47)7-6-8-25(17-55)26-11-13-52(5)32-10-9-31-50(2,3)33(12-14-53(31)23-54(32,53)16-15-51(26,52)4)77-49-45(69)41(65)37(61)30(76-49)22-72-48-43(67)39(63)35(59)28(19-57)74-48/h7,25-49,55-69H,6,8-23H2,1-5H3/b24-7-/t25-,26+,27+,28+,29+,30+,31+,32+,33-,34+,35+,36+,37+,38-,39-,40-,41-,42+,43+,44+,45+,46+,47+,48+,49-,51+,52-,53-,54+/m0/s1. The molecule has 0 unspecified atom stereocenters. The number of aliphatic hydroxyl groups is 15. The molecule has 0 radical (unpaired) electrons. The van der Waals surface area contributed by atoms with Gasteiger partial charge in [-0.05, 0) is 128 Å². The molecule has 29 atom stereocenters. The van der Waals surface area contributed by atoms with Crippen LogP contribution in [0.5, 0.6) is 0 Å². The van der Waals surface area contributed by atoms with Crippen LogP contribution in [-0.4, -0.2) is 245 Å². The maximum absolute atomic E-state index is 11.2. The molecule has 0 aromatic carbocycles. The Balaban J connectivity index is 0.779. The van der Waals surface area contributed by atoms with E-state index in [1.807, 2.05) is 13.0 Å². The van der Waals surface area contributed by atoms with Crippen molar-refractivity contribution in [3.8, 4) is 0 Å². The van der Waals surface area contributed by atoms with E-state index in [4.69, 9.17) is 37.9 Å². The molecule has 77 heavy (non-hydrogen) atoms. The highest BCUT2D eigenvalue weighted by atomic mass is 16.7. The minimum absolute atomic E-state index is 0.0104. The van der Waals surface area contributed by atoms with Crippen molar-refractivity contribution in [1.82, 2.24) is 0 Å². The summed E-state index contributed by atoms with van der Waals surface area (Å²) >= 11 is 0. The Kier molecular flexibility index (Phi) is 18.1. The second-order valence-corrected chi connectivity index (χ2v) is 25.6. The van der Waals surface area contributed by atoms with Crippen molar-refractivity contribution in [1.29, 1.82) is 0 Å². The van der Waals surface area contributed by atoms with Crippen molar-refractivity contribution < 1.29 is 114 Å². The molecule has 4 saturated heterocycles. The summed E-state index contributed by atoms with van der Waals surface area (Å²) in [6.07, 6.45) is -17.8. The van der Waals surface area contributed by atoms with E-state index in [1.165, 1.54) is 0 Å². The molecule has 4 aliphatic heterocycles. The summed E-state index contributed by atoms with van der Waals surface area (Å²) in [5, 5.41) is 157. The molecule has 0 bridgehead atoms. The first-order valence-electron chi connectivity index (χ1n) is 28.1. The van der Waals surface area contributed by atoms with Crippen molar-refractivity contribution in [2.45, 2.75) is 234 Å². The molecule has 5 saturated carbocycles. The maximum atomic E-state index is 11.2. The minimum atomic E-state index is -1.69. The van der Waals surface area contributed by atoms with Gasteiger partial charge in [0.25, 0.3) is 0 Å². The van der Waals surface area contributed by atoms with Gasteiger partial charge in [0.05, 0.1) is 39.1 Å². The monoisotopic (exact) mass is 1110 g/mol. The van der Waals surface area contributed by atoms with Crippen LogP contribution >= 0.6 is 0 Å². The van der Waals surface area contributed by atoms with Crippen LogP contribution in [0.1, 0.15) is 105 Å². The predicted molar refractivity (Wildman–Crippen MR) is 264 cm³/mol. The minimum Gasteiger partial charge on any atom is -0.396 e. The van der Waals surface area contributed by atoms with Gasteiger partial charge in [0, 0.05) is 6.61 Å². The van der Waals surface area contributed by atoms with Crippen LogP contribution in [0.15, 0.2) is 11.6 Å². The zero-order valence-electron chi connectivity index (χ0n) is 45.0. The lowest BCUT2D eigenvalue weighted by atomic mass is 9.41. The van der Waals surface area contributed by atoms with Crippen molar-refractivity contribution in [2.24, 2.45) is 50.7 Å². The second kappa shape index (κ2) is 23.1. The third kappa shape index (κ3) is 10.3. The molecule has 0 amide bonds. The van der Waals surface area contributed by atoms with Gasteiger partial charge in [-0.2, -0.15) is 0 Å². The predicted octanol–water partition coefficient (Wildman–Crippen LogP) is -2.59. The molecule has 2 spiro atoms. The topological polar surface area (TPSA) is 377 Å². The van der Waals surface area contributed by atoms with Crippen LogP contribution in [0.25, 0.3) is 0 Å². The summed E-state index contributed by atoms with van der Waals surface area (Å²) in [6, 6.07) is 0. The smallest absolute Gasteiger partial charge is 0.187 e. The van der Waals surface area contributed by atoms with E-state index in [0.717, 1.165) is 63.4 Å². The molecule has 4 heterocycles. The molecule has 15 N–H and O–H groups in total. The summed E-state index contributed by atoms with van der Waals surface area (Å²) in [5.74, 6) is 1.22. The molecule has 444 valence electrons. The van der Waals surface area contributed by atoms with E-state index < -0.39 is 149 Å². The van der Waals surface area contributed by atoms with E-state index in [-0.39, 0.29) is 52.3 Å². The number of allylic oxidation sites excluding steroid dienone is 1. The number of aliphatic hydroxyl groups excluding tert-OH is 15. The van der Waals surface area contributed by atoms with Crippen molar-refractivity contribution in [2.75, 3.05) is 39.6 Å². The average molecular weight is 1110 g/mol. The lowest BCUT2D eigenvalue weighted by Crippen LogP contribution is -2.63. The molecule has 23 nitrogen and oxygen atoms in total. The zero-order valence-corrected chi connectivity index (χ0v) is 45.0. The molecule has 23 heteroatoms. The lowest BCUT2D eigenvalue weighted by Gasteiger charge is -2.63. The zero-order chi connectivity index (χ0) is 55.9. The molecule has 5 aliphatic carbocycles. The number of hydrogen-bond acceptors (Lipinski definition) is 23. The van der Waals surface area contributed by atoms with E-state index >= 15 is 0 Å². The summed E-state index contributed by atoms with van der Waals surface area (Å²) < 4.78 is 46.5. The van der Waals surface area contributed by atoms with Gasteiger partial charge < -0.3 is 114 Å². The molecular formula is C54H90O23. The number of fused-ring (bicyclic) bond motifs is 2. The van der Waals surface area contributed by atoms with Gasteiger partial charge in [-0.3, -0.25) is 0 Å². The first-order valence-corrected chi connectivity index (χ1v) is 28.1. The highest BCUT2D eigenvalue weighted by Gasteiger charge is 2.82. The molecular weight excluding hydrogens is 1020 g/mol. The van der Waals surface area contributed by atoms with Crippen LogP contribution in [-0.2, 0) is 37.9 Å². The summed E-state index contributed by atoms with van der Waals surface area (Å²) in [5.41, 5.74) is 0.875. The van der Waals surface area contributed by atoms with Crippen LogP contribution < -0.4 is 0 Å². The van der Waals surface area contributed by atoms with E-state index in [0.29, 0.717) is 30.6 Å². The largest absolute Gasteiger partial charge is 0.396 e. The molecule has 9 aliphatic rings. The quantitative estimate of drug-likeness (QED) is 0.0495. The van der Waals surface area contributed by atoms with Crippen LogP contribution in [0, 0.1) is 50.7 Å². The van der Waals surface area contributed by atoms with Gasteiger partial charge in [0.15, 0.2) is 25.2 Å². The first-order chi connectivity index (χ1) is 36.4. The van der Waals surface area contributed by atoms with E-state index in [1.54, 1.807) is 0 Å². The van der Waals surface area contributed by atoms with E-state index in [9.17, 15) is 76.6 Å². The van der Waals surface area contributed by atoms with E-state index in [2.05, 4.69) is 27.7 Å². The van der Waals surface area contributed by atoms with Crippen molar-refractivity contribution >= 4 is 0 Å². The van der Waals surface area contributed by atoms with Gasteiger partial charge in [0.2, 0.25) is 0 Å². The Labute approximate surface area is 449 Å². The Morgan fingerprint density at radius 2 is 0.974 bits per heavy atom. The van der Waals surface area contributed by atoms with Crippen molar-refractivity contribution in [3.05, 3.63) is 11.6 Å². The number of ether oxygens (including phenoxy) is 8. The normalized spacial score (nSPS) is 53.0. The molecule has 9 rings (SSSR count). The summed E-state index contributed by atoms with van der Waals surface area (Å²) in [7, 11) is 0. The average Bonchev–Trinajstić information content (AvgIpc) is 2.64. The fraction of sp³-hybridized carbons (Fsp3) is 0.963. The van der Waals surface area contributed by atoms with Gasteiger partial charge in [-0.1, -0.05) is 39.3 Å². The summed E-state index contributed by atoms with van der Waals surface area (Å²) in [6.45, 7) is 9.21. The Bertz CT molecular complexity index is 2020. The van der Waals surface area contributed by atoms with Gasteiger partial charge >= 0.3 is 0 Å². The Morgan fingerprint density at radius 1 is 0.506 bits per heavy atom. The molecule has 9 fully saturated rings. The Morgan fingerprint density at radius 3 is 1.51 bits per heavy atom. The Hall–Kier alpha value is -1.18. The van der Waals surface area contributed by atoms with Crippen LogP contribution in [0.3, 0.4) is 0 Å². The molecule has 0 aromatic heterocycles. The van der Waals surface area contributed by atoms with Gasteiger partial charge in [0.1, 0.15) is 97.7 Å². The maximum Gasteiger partial charge on any atom is 0.187 e. The fourth-order valence-corrected chi connectivity index (χ4v) is 16.9. The lowest BCUT2D eigenvalue weighted by molar-refractivity contribution is -0.343. The second-order valence-electron chi connectivity index (χ2n) is 25.6. The highest BCUT2D eigenvalue weighted by molar-refractivity contribution is 5.31. The fourth-order valence-electron chi connectivity index (χ4n) is 16.9. The highest BCUT2D eigenvalue weighted by Crippen LogP contribution is 2.89. The first kappa shape index (κ1) is 60.4. The molecule has 0 aromatic rings. The third-order valence-electron chi connectivity index (χ3n) is 21.6. The number of hydrogen-bond donors (Lipinski definition) is 15. The van der Waals surface area contributed by atoms with Crippen LogP contribution in [0.2, 0.25) is 0 Å². The third-order valence-corrected chi connectivity index (χ3v) is 21.6. The SMILES string of the molecule is C/C(=C/CC[C@@H](CO)[C@H]1CC[C@@]2(C)[C@H]3CC[C@@H]4C(C)(C)[C@@H](O[C@@H]5O[C@H](CO[C@@H]6O[C@H](CO)[C@@H](O)[C@H](O)[C@H]6O)[C@@H](O)[C@H](O)[C@H]5O)CC[C@]45C[C@]35CC[C@]12C)CO[C@@H]1O[C@H](CO[C@@H]2O[C@H](CO)[C@@H](O)[C@H](O)[C@H]2O)[C@@H](O)[C@H](O)[C@H]1O. The van der Waals surface area contributed by atoms with Crippen molar-refractivity contribution in [3.63, 3.8) is 0 Å². The summed E-state index contributed by atoms with van der Waals surface area (Å²) in [4.78, 5) is 0. The van der Waals surface area contributed by atoms with Gasteiger partial charge in [-0.25, -0.2) is 0 Å². The van der Waals surface area contributed by atoms with Crippen LogP contribution in [0.4, 0.5) is 0 Å².